The van der Waals surface area contributed by atoms with E-state index in [1.54, 1.807) is 6.07 Å². The Balaban J connectivity index is 1.90. The largest absolute Gasteiger partial charge is 0.478 e. The van der Waals surface area contributed by atoms with Crippen molar-refractivity contribution in [3.8, 4) is 5.88 Å². The number of rotatable bonds is 3. The molecule has 0 atom stereocenters. The smallest absolute Gasteiger partial charge is 0.336 e. The molecule has 5 nitrogen and oxygen atoms in total. The standard InChI is InChI=1S/C16H18N2O3/c1-18-8-6-11(7-9-18)21-15-10-13(16(19)20)12-4-2-3-5-14(12)17-15/h2-5,10-11H,6-9H2,1H3,(H,19,20). The summed E-state index contributed by atoms with van der Waals surface area (Å²) in [5.41, 5.74) is 0.892. The third-order valence-corrected chi connectivity index (χ3v) is 3.88. The highest BCUT2D eigenvalue weighted by Crippen LogP contribution is 2.24. The third-order valence-electron chi connectivity index (χ3n) is 3.88. The van der Waals surface area contributed by atoms with Crippen molar-refractivity contribution in [1.29, 1.82) is 0 Å². The molecule has 0 spiro atoms. The average molecular weight is 286 g/mol. The van der Waals surface area contributed by atoms with E-state index in [0.717, 1.165) is 25.9 Å². The number of pyridine rings is 1. The number of hydrogen-bond donors (Lipinski definition) is 1. The molecule has 1 fully saturated rings. The molecule has 0 unspecified atom stereocenters. The van der Waals surface area contributed by atoms with Crippen LogP contribution in [0.25, 0.3) is 10.9 Å². The highest BCUT2D eigenvalue weighted by Gasteiger charge is 2.20. The first-order chi connectivity index (χ1) is 10.1. The minimum absolute atomic E-state index is 0.108. The van der Waals surface area contributed by atoms with Crippen LogP contribution < -0.4 is 4.74 Å². The summed E-state index contributed by atoms with van der Waals surface area (Å²) in [5.74, 6) is -0.553. The normalized spacial score (nSPS) is 17.0. The van der Waals surface area contributed by atoms with Crippen LogP contribution in [0.3, 0.4) is 0 Å². The summed E-state index contributed by atoms with van der Waals surface area (Å²) in [7, 11) is 2.09. The van der Waals surface area contributed by atoms with Gasteiger partial charge in [0.2, 0.25) is 5.88 Å². The maximum absolute atomic E-state index is 11.4. The van der Waals surface area contributed by atoms with E-state index in [1.165, 1.54) is 6.07 Å². The van der Waals surface area contributed by atoms with Crippen molar-refractivity contribution < 1.29 is 14.6 Å². The van der Waals surface area contributed by atoms with Gasteiger partial charge in [-0.15, -0.1) is 0 Å². The summed E-state index contributed by atoms with van der Waals surface area (Å²) in [5, 5.41) is 10.00. The molecule has 0 bridgehead atoms. The van der Waals surface area contributed by atoms with Gasteiger partial charge in [-0.2, -0.15) is 0 Å². The second-order valence-electron chi connectivity index (χ2n) is 5.45. The van der Waals surface area contributed by atoms with Crippen molar-refractivity contribution in [2.75, 3.05) is 20.1 Å². The molecule has 110 valence electrons. The number of fused-ring (bicyclic) bond motifs is 1. The Morgan fingerprint density at radius 3 is 2.76 bits per heavy atom. The molecule has 5 heteroatoms. The molecule has 0 saturated carbocycles. The molecule has 0 amide bonds. The molecule has 21 heavy (non-hydrogen) atoms. The number of ether oxygens (including phenoxy) is 1. The van der Waals surface area contributed by atoms with Gasteiger partial charge >= 0.3 is 5.97 Å². The first kappa shape index (κ1) is 13.8. The molecular weight excluding hydrogens is 268 g/mol. The second-order valence-corrected chi connectivity index (χ2v) is 5.45. The summed E-state index contributed by atoms with van der Waals surface area (Å²) < 4.78 is 5.90. The molecule has 1 saturated heterocycles. The van der Waals surface area contributed by atoms with Crippen molar-refractivity contribution in [2.45, 2.75) is 18.9 Å². The van der Waals surface area contributed by atoms with Gasteiger partial charge in [0.1, 0.15) is 6.10 Å². The van der Waals surface area contributed by atoms with E-state index < -0.39 is 5.97 Å². The van der Waals surface area contributed by atoms with Crippen LogP contribution in [0.1, 0.15) is 23.2 Å². The Labute approximate surface area is 123 Å². The molecular formula is C16H18N2O3. The number of carboxylic acid groups (broad SMARTS) is 1. The minimum atomic E-state index is -0.957. The highest BCUT2D eigenvalue weighted by atomic mass is 16.5. The minimum Gasteiger partial charge on any atom is -0.478 e. The van der Waals surface area contributed by atoms with Crippen molar-refractivity contribution in [3.05, 3.63) is 35.9 Å². The Bertz CT molecular complexity index is 664. The highest BCUT2D eigenvalue weighted by molar-refractivity contribution is 6.02. The van der Waals surface area contributed by atoms with Gasteiger partial charge in [-0.1, -0.05) is 18.2 Å². The zero-order valence-corrected chi connectivity index (χ0v) is 12.0. The van der Waals surface area contributed by atoms with E-state index in [1.807, 2.05) is 18.2 Å². The van der Waals surface area contributed by atoms with Crippen LogP contribution in [-0.4, -0.2) is 47.2 Å². The first-order valence-electron chi connectivity index (χ1n) is 7.12. The Morgan fingerprint density at radius 2 is 2.05 bits per heavy atom. The molecule has 0 aliphatic carbocycles. The van der Waals surface area contributed by atoms with Crippen molar-refractivity contribution in [3.63, 3.8) is 0 Å². The predicted octanol–water partition coefficient (Wildman–Crippen LogP) is 2.41. The lowest BCUT2D eigenvalue weighted by atomic mass is 10.1. The van der Waals surface area contributed by atoms with Crippen LogP contribution in [0.4, 0.5) is 0 Å². The molecule has 1 aromatic heterocycles. The molecule has 0 radical (unpaired) electrons. The van der Waals surface area contributed by atoms with E-state index >= 15 is 0 Å². The Morgan fingerprint density at radius 1 is 1.33 bits per heavy atom. The number of nitrogens with zero attached hydrogens (tertiary/aromatic N) is 2. The Hall–Kier alpha value is -2.14. The number of piperidine rings is 1. The molecule has 1 aromatic carbocycles. The van der Waals surface area contributed by atoms with Gasteiger partial charge in [0.15, 0.2) is 0 Å². The molecule has 3 rings (SSSR count). The van der Waals surface area contributed by atoms with Gasteiger partial charge in [-0.3, -0.25) is 0 Å². The number of aromatic carboxylic acids is 1. The summed E-state index contributed by atoms with van der Waals surface area (Å²) in [4.78, 5) is 18.1. The van der Waals surface area contributed by atoms with Gasteiger partial charge in [0, 0.05) is 24.5 Å². The second kappa shape index (κ2) is 5.69. The van der Waals surface area contributed by atoms with Gasteiger partial charge in [0.25, 0.3) is 0 Å². The van der Waals surface area contributed by atoms with Crippen molar-refractivity contribution in [1.82, 2.24) is 9.88 Å². The maximum Gasteiger partial charge on any atom is 0.336 e. The molecule has 1 N–H and O–H groups in total. The van der Waals surface area contributed by atoms with Crippen LogP contribution in [0.5, 0.6) is 5.88 Å². The van der Waals surface area contributed by atoms with Crippen molar-refractivity contribution in [2.24, 2.45) is 0 Å². The van der Waals surface area contributed by atoms with Gasteiger partial charge < -0.3 is 14.7 Å². The van der Waals surface area contributed by atoms with E-state index in [-0.39, 0.29) is 11.7 Å². The van der Waals surface area contributed by atoms with Crippen LogP contribution in [-0.2, 0) is 0 Å². The van der Waals surface area contributed by atoms with Crippen LogP contribution >= 0.6 is 0 Å². The fourth-order valence-electron chi connectivity index (χ4n) is 2.66. The molecule has 1 aliphatic rings. The Kier molecular flexibility index (Phi) is 3.75. The number of carboxylic acids is 1. The summed E-state index contributed by atoms with van der Waals surface area (Å²) in [6, 6.07) is 8.77. The number of benzene rings is 1. The van der Waals surface area contributed by atoms with E-state index in [4.69, 9.17) is 4.74 Å². The quantitative estimate of drug-likeness (QED) is 0.938. The lowest BCUT2D eigenvalue weighted by Crippen LogP contribution is -2.35. The number of para-hydroxylation sites is 1. The van der Waals surface area contributed by atoms with Gasteiger partial charge in [-0.05, 0) is 26.0 Å². The number of hydrogen-bond acceptors (Lipinski definition) is 4. The van der Waals surface area contributed by atoms with Crippen LogP contribution in [0.15, 0.2) is 30.3 Å². The molecule has 2 aromatic rings. The maximum atomic E-state index is 11.4. The monoisotopic (exact) mass is 286 g/mol. The van der Waals surface area contributed by atoms with E-state index in [0.29, 0.717) is 16.8 Å². The topological polar surface area (TPSA) is 62.7 Å². The summed E-state index contributed by atoms with van der Waals surface area (Å²) >= 11 is 0. The fraction of sp³-hybridized carbons (Fsp3) is 0.375. The zero-order chi connectivity index (χ0) is 14.8. The summed E-state index contributed by atoms with van der Waals surface area (Å²) in [6.07, 6.45) is 1.98. The average Bonchev–Trinajstić information content (AvgIpc) is 2.48. The number of carbonyl (C=O) groups is 1. The van der Waals surface area contributed by atoms with Crippen molar-refractivity contribution >= 4 is 16.9 Å². The molecule has 2 heterocycles. The number of likely N-dealkylation sites (tertiary alicyclic amines) is 1. The SMILES string of the molecule is CN1CCC(Oc2cc(C(=O)O)c3ccccc3n2)CC1. The zero-order valence-electron chi connectivity index (χ0n) is 12.0. The van der Waals surface area contributed by atoms with E-state index in [2.05, 4.69) is 16.9 Å². The predicted molar refractivity (Wildman–Crippen MR) is 79.8 cm³/mol. The lowest BCUT2D eigenvalue weighted by molar-refractivity contribution is 0.0696. The number of aromatic nitrogens is 1. The van der Waals surface area contributed by atoms with Gasteiger partial charge in [0.05, 0.1) is 11.1 Å². The molecule has 1 aliphatic heterocycles. The fourth-order valence-corrected chi connectivity index (χ4v) is 2.66. The van der Waals surface area contributed by atoms with Crippen LogP contribution in [0, 0.1) is 0 Å². The van der Waals surface area contributed by atoms with E-state index in [9.17, 15) is 9.90 Å². The van der Waals surface area contributed by atoms with Crippen LogP contribution in [0.2, 0.25) is 0 Å². The van der Waals surface area contributed by atoms with Gasteiger partial charge in [-0.25, -0.2) is 9.78 Å². The summed E-state index contributed by atoms with van der Waals surface area (Å²) in [6.45, 7) is 1.98. The third kappa shape index (κ3) is 2.97. The first-order valence-corrected chi connectivity index (χ1v) is 7.12. The lowest BCUT2D eigenvalue weighted by Gasteiger charge is -2.29.